The minimum atomic E-state index is 0.532. The molecule has 0 spiro atoms. The van der Waals surface area contributed by atoms with Crippen molar-refractivity contribution in [2.24, 2.45) is 0 Å². The van der Waals surface area contributed by atoms with Gasteiger partial charge in [0.05, 0.1) is 0 Å². The zero-order valence-electron chi connectivity index (χ0n) is 12.1. The van der Waals surface area contributed by atoms with Gasteiger partial charge in [-0.3, -0.25) is 0 Å². The van der Waals surface area contributed by atoms with Crippen molar-refractivity contribution < 1.29 is 4.42 Å². The summed E-state index contributed by atoms with van der Waals surface area (Å²) in [5.74, 6) is 0.532. The smallest absolute Gasteiger partial charge is 0.138 e. The molecule has 1 heterocycles. The molecule has 0 bridgehead atoms. The Morgan fingerprint density at radius 2 is 1.74 bits per heavy atom. The van der Waals surface area contributed by atoms with Gasteiger partial charge in [-0.1, -0.05) is 31.5 Å². The molecular formula is C18H20O. The molecule has 0 saturated heterocycles. The van der Waals surface area contributed by atoms with Crippen molar-refractivity contribution in [2.45, 2.75) is 40.0 Å². The second kappa shape index (κ2) is 4.41. The van der Waals surface area contributed by atoms with Crippen LogP contribution in [0, 0.1) is 13.8 Å². The van der Waals surface area contributed by atoms with Crippen LogP contribution < -0.4 is 0 Å². The molecule has 3 aromatic rings. The van der Waals surface area contributed by atoms with Crippen molar-refractivity contribution in [1.82, 2.24) is 0 Å². The van der Waals surface area contributed by atoms with Crippen LogP contribution in [0.2, 0.25) is 0 Å². The quantitative estimate of drug-likeness (QED) is 0.568. The number of hydrogen-bond donors (Lipinski definition) is 0. The van der Waals surface area contributed by atoms with Gasteiger partial charge in [0.2, 0.25) is 0 Å². The SMILES string of the molecule is CCC(C)c1cc(C)cc2c1oc1ccc(C)cc12. The standard InChI is InChI=1S/C18H20O/c1-5-13(4)14-9-12(3)10-16-15-8-11(2)6-7-17(15)19-18(14)16/h6-10,13H,5H2,1-4H3. The maximum absolute atomic E-state index is 6.12. The van der Waals surface area contributed by atoms with E-state index in [-0.39, 0.29) is 0 Å². The molecule has 0 radical (unpaired) electrons. The van der Waals surface area contributed by atoms with Crippen LogP contribution in [-0.4, -0.2) is 0 Å². The monoisotopic (exact) mass is 252 g/mol. The van der Waals surface area contributed by atoms with Crippen LogP contribution >= 0.6 is 0 Å². The lowest BCUT2D eigenvalue weighted by Gasteiger charge is -2.10. The zero-order valence-corrected chi connectivity index (χ0v) is 12.1. The summed E-state index contributed by atoms with van der Waals surface area (Å²) in [6.07, 6.45) is 1.13. The summed E-state index contributed by atoms with van der Waals surface area (Å²) in [5, 5.41) is 2.50. The van der Waals surface area contributed by atoms with Gasteiger partial charge < -0.3 is 4.42 Å². The largest absolute Gasteiger partial charge is 0.456 e. The number of rotatable bonds is 2. The first-order valence-corrected chi connectivity index (χ1v) is 7.03. The summed E-state index contributed by atoms with van der Waals surface area (Å²) >= 11 is 0. The van der Waals surface area contributed by atoms with E-state index in [1.807, 2.05) is 0 Å². The number of fused-ring (bicyclic) bond motifs is 3. The first-order valence-electron chi connectivity index (χ1n) is 7.03. The second-order valence-electron chi connectivity index (χ2n) is 5.64. The highest BCUT2D eigenvalue weighted by Gasteiger charge is 2.15. The molecule has 1 heteroatoms. The molecule has 98 valence electrons. The van der Waals surface area contributed by atoms with Crippen molar-refractivity contribution >= 4 is 21.9 Å². The molecular weight excluding hydrogens is 232 g/mol. The Bertz CT molecular complexity index is 749. The van der Waals surface area contributed by atoms with Crippen molar-refractivity contribution in [2.75, 3.05) is 0 Å². The molecule has 0 aliphatic rings. The Hall–Kier alpha value is -1.76. The van der Waals surface area contributed by atoms with Gasteiger partial charge in [0.1, 0.15) is 11.2 Å². The molecule has 0 fully saturated rings. The third-order valence-corrected chi connectivity index (χ3v) is 4.04. The highest BCUT2D eigenvalue weighted by atomic mass is 16.3. The minimum absolute atomic E-state index is 0.532. The molecule has 1 unspecified atom stereocenters. The van der Waals surface area contributed by atoms with E-state index in [1.54, 1.807) is 0 Å². The number of benzene rings is 2. The molecule has 0 aliphatic heterocycles. The van der Waals surface area contributed by atoms with Crippen LogP contribution in [0.5, 0.6) is 0 Å². The summed E-state index contributed by atoms with van der Waals surface area (Å²) in [6.45, 7) is 8.79. The Balaban J connectivity index is 2.43. The van der Waals surface area contributed by atoms with Gasteiger partial charge in [0, 0.05) is 10.8 Å². The predicted molar refractivity (Wildman–Crippen MR) is 81.9 cm³/mol. The summed E-state index contributed by atoms with van der Waals surface area (Å²) in [5.41, 5.74) is 6.00. The fraction of sp³-hybridized carbons (Fsp3) is 0.333. The van der Waals surface area contributed by atoms with E-state index in [9.17, 15) is 0 Å². The van der Waals surface area contributed by atoms with Crippen molar-refractivity contribution in [3.05, 3.63) is 47.0 Å². The maximum atomic E-state index is 6.12. The van der Waals surface area contributed by atoms with Crippen molar-refractivity contribution in [1.29, 1.82) is 0 Å². The Morgan fingerprint density at radius 1 is 1.00 bits per heavy atom. The average molecular weight is 252 g/mol. The van der Waals surface area contributed by atoms with E-state index in [0.717, 1.165) is 17.6 Å². The highest BCUT2D eigenvalue weighted by Crippen LogP contribution is 2.36. The number of hydrogen-bond acceptors (Lipinski definition) is 1. The van der Waals surface area contributed by atoms with Gasteiger partial charge in [-0.15, -0.1) is 0 Å². The van der Waals surface area contributed by atoms with Gasteiger partial charge in [-0.25, -0.2) is 0 Å². The first kappa shape index (κ1) is 12.3. The van der Waals surface area contributed by atoms with Gasteiger partial charge in [-0.2, -0.15) is 0 Å². The molecule has 0 aliphatic carbocycles. The summed E-state index contributed by atoms with van der Waals surface area (Å²) in [6, 6.07) is 10.9. The summed E-state index contributed by atoms with van der Waals surface area (Å²) in [7, 11) is 0. The van der Waals surface area contributed by atoms with Crippen LogP contribution in [0.15, 0.2) is 34.7 Å². The molecule has 0 N–H and O–H groups in total. The third-order valence-electron chi connectivity index (χ3n) is 4.04. The van der Waals surface area contributed by atoms with Crippen LogP contribution in [0.3, 0.4) is 0 Å². The Labute approximate surface area is 114 Å². The average Bonchev–Trinajstić information content (AvgIpc) is 2.75. The zero-order chi connectivity index (χ0) is 13.6. The fourth-order valence-corrected chi connectivity index (χ4v) is 2.75. The minimum Gasteiger partial charge on any atom is -0.456 e. The van der Waals surface area contributed by atoms with Crippen LogP contribution in [0.1, 0.15) is 42.9 Å². The van der Waals surface area contributed by atoms with Gasteiger partial charge >= 0.3 is 0 Å². The van der Waals surface area contributed by atoms with E-state index in [4.69, 9.17) is 4.42 Å². The molecule has 2 aromatic carbocycles. The van der Waals surface area contributed by atoms with E-state index >= 15 is 0 Å². The Kier molecular flexibility index (Phi) is 2.85. The molecule has 0 saturated carbocycles. The van der Waals surface area contributed by atoms with Crippen LogP contribution in [0.4, 0.5) is 0 Å². The number of furan rings is 1. The third kappa shape index (κ3) is 1.94. The van der Waals surface area contributed by atoms with E-state index in [2.05, 4.69) is 58.0 Å². The lowest BCUT2D eigenvalue weighted by molar-refractivity contribution is 0.645. The normalized spacial score (nSPS) is 13.3. The van der Waals surface area contributed by atoms with E-state index in [1.165, 1.54) is 27.5 Å². The van der Waals surface area contributed by atoms with Gasteiger partial charge in [-0.05, 0) is 55.5 Å². The molecule has 0 amide bonds. The fourth-order valence-electron chi connectivity index (χ4n) is 2.75. The Morgan fingerprint density at radius 3 is 2.47 bits per heavy atom. The lowest BCUT2D eigenvalue weighted by Crippen LogP contribution is -1.92. The first-order chi connectivity index (χ1) is 9.10. The molecule has 1 aromatic heterocycles. The van der Waals surface area contributed by atoms with Gasteiger partial charge in [0.15, 0.2) is 0 Å². The van der Waals surface area contributed by atoms with Gasteiger partial charge in [0.25, 0.3) is 0 Å². The molecule has 3 rings (SSSR count). The van der Waals surface area contributed by atoms with Crippen LogP contribution in [0.25, 0.3) is 21.9 Å². The van der Waals surface area contributed by atoms with E-state index < -0.39 is 0 Å². The lowest BCUT2D eigenvalue weighted by atomic mass is 9.94. The summed E-state index contributed by atoms with van der Waals surface area (Å²) < 4.78 is 6.12. The predicted octanol–water partition coefficient (Wildman–Crippen LogP) is 5.72. The topological polar surface area (TPSA) is 13.1 Å². The second-order valence-corrected chi connectivity index (χ2v) is 5.64. The number of aryl methyl sites for hydroxylation is 2. The van der Waals surface area contributed by atoms with Crippen molar-refractivity contribution in [3.8, 4) is 0 Å². The molecule has 1 nitrogen and oxygen atoms in total. The highest BCUT2D eigenvalue weighted by molar-refractivity contribution is 6.06. The summed E-state index contributed by atoms with van der Waals surface area (Å²) in [4.78, 5) is 0. The maximum Gasteiger partial charge on any atom is 0.138 e. The molecule has 1 atom stereocenters. The van der Waals surface area contributed by atoms with Crippen molar-refractivity contribution in [3.63, 3.8) is 0 Å². The molecule has 19 heavy (non-hydrogen) atoms. The van der Waals surface area contributed by atoms with E-state index in [0.29, 0.717) is 5.92 Å². The van der Waals surface area contributed by atoms with Crippen LogP contribution in [-0.2, 0) is 0 Å².